The first-order chi connectivity index (χ1) is 33.2. The van der Waals surface area contributed by atoms with E-state index in [1.165, 1.54) is 55.0 Å². The highest BCUT2D eigenvalue weighted by atomic mass is 16.3. The Morgan fingerprint density at radius 1 is 0.299 bits per heavy atom. The number of hydrogen-bond donors (Lipinski definition) is 0. The van der Waals surface area contributed by atoms with Crippen molar-refractivity contribution >= 4 is 71.6 Å². The molecule has 314 valence electrons. The predicted molar refractivity (Wildman–Crippen MR) is 282 cm³/mol. The Balaban J connectivity index is 0.852. The van der Waals surface area contributed by atoms with Crippen molar-refractivity contribution in [3.63, 3.8) is 0 Å². The summed E-state index contributed by atoms with van der Waals surface area (Å²) in [5.41, 5.74) is 17.9. The fourth-order valence-corrected chi connectivity index (χ4v) is 10.3. The molecule has 13 rings (SSSR count). The van der Waals surface area contributed by atoms with Crippen LogP contribution in [0.4, 0.5) is 17.1 Å². The highest BCUT2D eigenvalue weighted by Crippen LogP contribution is 2.44. The summed E-state index contributed by atoms with van der Waals surface area (Å²) < 4.78 is 8.91. The lowest BCUT2D eigenvalue weighted by atomic mass is 9.93. The van der Waals surface area contributed by atoms with E-state index in [-0.39, 0.29) is 0 Å². The van der Waals surface area contributed by atoms with Gasteiger partial charge in [-0.1, -0.05) is 200 Å². The molecular weight excluding hydrogens is 813 g/mol. The minimum absolute atomic E-state index is 0.903. The van der Waals surface area contributed by atoms with E-state index < -0.39 is 0 Å². The van der Waals surface area contributed by atoms with E-state index in [1.807, 2.05) is 12.1 Å². The fourth-order valence-electron chi connectivity index (χ4n) is 10.3. The lowest BCUT2D eigenvalue weighted by Gasteiger charge is -2.27. The summed E-state index contributed by atoms with van der Waals surface area (Å²) in [6.45, 7) is 0. The molecule has 2 heterocycles. The maximum Gasteiger partial charge on any atom is 0.143 e. The Bertz CT molecular complexity index is 3910. The molecule has 0 aliphatic carbocycles. The van der Waals surface area contributed by atoms with Gasteiger partial charge in [0.15, 0.2) is 0 Å². The molecular formula is C64H42N2O. The van der Waals surface area contributed by atoms with Gasteiger partial charge in [-0.25, -0.2) is 0 Å². The largest absolute Gasteiger partial charge is 0.455 e. The summed E-state index contributed by atoms with van der Waals surface area (Å²) >= 11 is 0. The van der Waals surface area contributed by atoms with Crippen molar-refractivity contribution in [1.82, 2.24) is 4.57 Å². The minimum Gasteiger partial charge on any atom is -0.455 e. The van der Waals surface area contributed by atoms with Gasteiger partial charge in [-0.15, -0.1) is 0 Å². The summed E-state index contributed by atoms with van der Waals surface area (Å²) in [4.78, 5) is 2.38. The van der Waals surface area contributed by atoms with E-state index in [0.717, 1.165) is 66.8 Å². The molecule has 0 bridgehead atoms. The number of para-hydroxylation sites is 5. The van der Waals surface area contributed by atoms with Gasteiger partial charge in [0.05, 0.1) is 22.4 Å². The molecule has 0 saturated carbocycles. The number of furan rings is 1. The number of hydrogen-bond acceptors (Lipinski definition) is 2. The molecule has 0 spiro atoms. The number of aromatic nitrogens is 1. The highest BCUT2D eigenvalue weighted by molar-refractivity contribution is 6.11. The van der Waals surface area contributed by atoms with Gasteiger partial charge in [0, 0.05) is 49.4 Å². The second kappa shape index (κ2) is 16.0. The molecule has 3 heteroatoms. The zero-order valence-electron chi connectivity index (χ0n) is 36.6. The van der Waals surface area contributed by atoms with E-state index in [2.05, 4.69) is 252 Å². The predicted octanol–water partition coefficient (Wildman–Crippen LogP) is 18.0. The molecule has 0 saturated heterocycles. The molecule has 2 aromatic heterocycles. The van der Waals surface area contributed by atoms with E-state index in [9.17, 15) is 0 Å². The third-order valence-electron chi connectivity index (χ3n) is 13.4. The Kier molecular flexibility index (Phi) is 9.17. The van der Waals surface area contributed by atoms with Gasteiger partial charge >= 0.3 is 0 Å². The van der Waals surface area contributed by atoms with Crippen LogP contribution in [0.25, 0.3) is 105 Å². The van der Waals surface area contributed by atoms with Crippen LogP contribution in [0.15, 0.2) is 259 Å². The van der Waals surface area contributed by atoms with Gasteiger partial charge in [0.25, 0.3) is 0 Å². The van der Waals surface area contributed by atoms with Gasteiger partial charge in [0.1, 0.15) is 11.2 Å². The zero-order valence-corrected chi connectivity index (χ0v) is 36.6. The van der Waals surface area contributed by atoms with Crippen molar-refractivity contribution in [2.24, 2.45) is 0 Å². The Morgan fingerprint density at radius 2 is 0.761 bits per heavy atom. The van der Waals surface area contributed by atoms with Crippen LogP contribution >= 0.6 is 0 Å². The van der Waals surface area contributed by atoms with Crippen molar-refractivity contribution < 1.29 is 4.42 Å². The van der Waals surface area contributed by atoms with Crippen LogP contribution < -0.4 is 4.90 Å². The number of nitrogens with zero attached hydrogens (tertiary/aromatic N) is 2. The molecule has 3 nitrogen and oxygen atoms in total. The van der Waals surface area contributed by atoms with Crippen molar-refractivity contribution in [3.8, 4) is 50.2 Å². The second-order valence-corrected chi connectivity index (χ2v) is 17.2. The number of rotatable bonds is 8. The fraction of sp³-hybridized carbons (Fsp3) is 0. The Morgan fingerprint density at radius 3 is 1.48 bits per heavy atom. The molecule has 0 aliphatic heterocycles. The van der Waals surface area contributed by atoms with Gasteiger partial charge < -0.3 is 13.9 Å². The maximum atomic E-state index is 6.51. The topological polar surface area (TPSA) is 21.3 Å². The minimum atomic E-state index is 0.903. The molecule has 11 aromatic carbocycles. The number of benzene rings is 11. The first-order valence-electron chi connectivity index (χ1n) is 22.9. The molecule has 67 heavy (non-hydrogen) atoms. The van der Waals surface area contributed by atoms with Crippen LogP contribution in [0.5, 0.6) is 0 Å². The van der Waals surface area contributed by atoms with Crippen LogP contribution in [0.2, 0.25) is 0 Å². The Labute approximate surface area is 388 Å². The summed E-state index contributed by atoms with van der Waals surface area (Å²) in [5.74, 6) is 0. The number of anilines is 3. The standard InChI is InChI=1S/C64H42N2O/c1-2-18-51-45(15-1)16-13-29-59(51)65(49-41-37-46(38-42-49)50-17-3-4-20-53(50)57-24-14-25-58-56-23-8-12-30-63(56)67-64(57)58)48-39-35-44(36-40-48)43-31-33-47(34-32-43)52-19-5-9-26-60(52)66-61-27-10-6-21-54(61)55-22-7-11-28-62(55)66/h1-42H. The van der Waals surface area contributed by atoms with Crippen molar-refractivity contribution in [3.05, 3.63) is 255 Å². The highest BCUT2D eigenvalue weighted by Gasteiger charge is 2.19. The molecule has 13 aromatic rings. The molecule has 0 unspecified atom stereocenters. The molecule has 0 atom stereocenters. The van der Waals surface area contributed by atoms with Crippen LogP contribution in [0.3, 0.4) is 0 Å². The normalized spacial score (nSPS) is 11.6. The van der Waals surface area contributed by atoms with Crippen LogP contribution in [0.1, 0.15) is 0 Å². The summed E-state index contributed by atoms with van der Waals surface area (Å²) in [6.07, 6.45) is 0. The van der Waals surface area contributed by atoms with Crippen molar-refractivity contribution in [2.45, 2.75) is 0 Å². The van der Waals surface area contributed by atoms with E-state index in [1.54, 1.807) is 0 Å². The number of fused-ring (bicyclic) bond motifs is 7. The average molecular weight is 855 g/mol. The van der Waals surface area contributed by atoms with Gasteiger partial charge in [0.2, 0.25) is 0 Å². The zero-order chi connectivity index (χ0) is 44.3. The third kappa shape index (κ3) is 6.51. The molecule has 0 radical (unpaired) electrons. The van der Waals surface area contributed by atoms with Gasteiger partial charge in [-0.05, 0) is 93.4 Å². The molecule has 0 aliphatic rings. The SMILES string of the molecule is c1ccc(-c2cccc3c2oc2ccccc23)c(-c2ccc(N(c3ccc(-c4ccc(-c5ccccc5-n5c6ccccc6c6ccccc65)cc4)cc3)c3cccc4ccccc34)cc2)c1. The first-order valence-corrected chi connectivity index (χ1v) is 22.9. The lowest BCUT2D eigenvalue weighted by molar-refractivity contribution is 0.670. The average Bonchev–Trinajstić information content (AvgIpc) is 3.96. The quantitative estimate of drug-likeness (QED) is 0.152. The maximum absolute atomic E-state index is 6.51. The van der Waals surface area contributed by atoms with Gasteiger partial charge in [-0.2, -0.15) is 0 Å². The van der Waals surface area contributed by atoms with Crippen LogP contribution in [-0.2, 0) is 0 Å². The van der Waals surface area contributed by atoms with Crippen molar-refractivity contribution in [1.29, 1.82) is 0 Å². The van der Waals surface area contributed by atoms with E-state index in [0.29, 0.717) is 0 Å². The molecule has 0 N–H and O–H groups in total. The lowest BCUT2D eigenvalue weighted by Crippen LogP contribution is -2.10. The van der Waals surface area contributed by atoms with E-state index >= 15 is 0 Å². The molecule has 0 fully saturated rings. The Hall–Kier alpha value is -8.92. The smallest absolute Gasteiger partial charge is 0.143 e. The van der Waals surface area contributed by atoms with Crippen LogP contribution in [0, 0.1) is 0 Å². The monoisotopic (exact) mass is 854 g/mol. The molecule has 0 amide bonds. The van der Waals surface area contributed by atoms with Gasteiger partial charge in [-0.3, -0.25) is 0 Å². The summed E-state index contributed by atoms with van der Waals surface area (Å²) in [5, 5.41) is 7.18. The first kappa shape index (κ1) is 38.5. The summed E-state index contributed by atoms with van der Waals surface area (Å²) in [7, 11) is 0. The van der Waals surface area contributed by atoms with Crippen LogP contribution in [-0.4, -0.2) is 4.57 Å². The summed E-state index contributed by atoms with van der Waals surface area (Å²) in [6, 6.07) is 91.8. The third-order valence-corrected chi connectivity index (χ3v) is 13.4. The second-order valence-electron chi connectivity index (χ2n) is 17.2. The van der Waals surface area contributed by atoms with E-state index in [4.69, 9.17) is 4.42 Å². The van der Waals surface area contributed by atoms with Crippen molar-refractivity contribution in [2.75, 3.05) is 4.90 Å².